The molecule has 82 valence electrons. The van der Waals surface area contributed by atoms with Gasteiger partial charge in [-0.15, -0.1) is 0 Å². The van der Waals surface area contributed by atoms with Gasteiger partial charge in [0.25, 0.3) is 0 Å². The van der Waals surface area contributed by atoms with Crippen LogP contribution in [0.3, 0.4) is 0 Å². The molecule has 0 fully saturated rings. The molecule has 1 aromatic carbocycles. The van der Waals surface area contributed by atoms with Gasteiger partial charge in [0.05, 0.1) is 0 Å². The number of nitrogens with zero attached hydrogens (tertiary/aromatic N) is 1. The number of benzene rings is 1. The predicted molar refractivity (Wildman–Crippen MR) is 63.9 cm³/mol. The van der Waals surface area contributed by atoms with Crippen LogP contribution in [0.15, 0.2) is 30.3 Å². The molecule has 0 radical (unpaired) electrons. The third-order valence-corrected chi connectivity index (χ3v) is 2.75. The first-order valence-corrected chi connectivity index (χ1v) is 5.39. The van der Waals surface area contributed by atoms with Crippen LogP contribution in [0.25, 0.3) is 0 Å². The van der Waals surface area contributed by atoms with Crippen molar-refractivity contribution in [3.8, 4) is 0 Å². The summed E-state index contributed by atoms with van der Waals surface area (Å²) in [4.78, 5) is 13.5. The lowest BCUT2D eigenvalue weighted by molar-refractivity contribution is -0.117. The Labute approximate surface area is 91.9 Å². The molecule has 0 heterocycles. The topological polar surface area (TPSA) is 20.3 Å². The predicted octanol–water partition coefficient (Wildman–Crippen LogP) is 3.08. The second-order valence-corrected chi connectivity index (χ2v) is 4.21. The molecule has 2 heteroatoms. The lowest BCUT2D eigenvalue weighted by atomic mass is 10.0. The molecule has 1 amide bonds. The number of hydrogen-bond acceptors (Lipinski definition) is 1. The average Bonchev–Trinajstić information content (AvgIpc) is 2.18. The van der Waals surface area contributed by atoms with Crippen molar-refractivity contribution < 1.29 is 4.79 Å². The minimum atomic E-state index is 0.0994. The van der Waals surface area contributed by atoms with Crippen LogP contribution in [0.4, 0.5) is 5.69 Å². The third kappa shape index (κ3) is 2.82. The summed E-state index contributed by atoms with van der Waals surface area (Å²) in [6.07, 6.45) is 0. The monoisotopic (exact) mass is 205 g/mol. The minimum absolute atomic E-state index is 0.0994. The van der Waals surface area contributed by atoms with Crippen molar-refractivity contribution in [3.63, 3.8) is 0 Å². The number of rotatable bonds is 3. The summed E-state index contributed by atoms with van der Waals surface area (Å²) >= 11 is 0. The van der Waals surface area contributed by atoms with E-state index in [1.807, 2.05) is 35.2 Å². The van der Waals surface area contributed by atoms with Crippen LogP contribution in [-0.2, 0) is 4.79 Å². The molecular weight excluding hydrogens is 186 g/mol. The summed E-state index contributed by atoms with van der Waals surface area (Å²) < 4.78 is 0. The Morgan fingerprint density at radius 2 is 1.67 bits per heavy atom. The zero-order chi connectivity index (χ0) is 11.4. The summed E-state index contributed by atoms with van der Waals surface area (Å²) in [7, 11) is 0. The number of para-hydroxylation sites is 1. The summed E-state index contributed by atoms with van der Waals surface area (Å²) in [6.45, 7) is 7.96. The van der Waals surface area contributed by atoms with E-state index in [1.165, 1.54) is 0 Å². The molecule has 1 rings (SSSR count). The third-order valence-electron chi connectivity index (χ3n) is 2.75. The highest BCUT2D eigenvalue weighted by molar-refractivity contribution is 5.92. The number of hydrogen-bond donors (Lipinski definition) is 0. The van der Waals surface area contributed by atoms with Gasteiger partial charge in [-0.2, -0.15) is 0 Å². The van der Waals surface area contributed by atoms with Crippen molar-refractivity contribution >= 4 is 11.6 Å². The van der Waals surface area contributed by atoms with Crippen LogP contribution < -0.4 is 4.90 Å². The van der Waals surface area contributed by atoms with Gasteiger partial charge in [-0.05, 0) is 25.0 Å². The van der Waals surface area contributed by atoms with E-state index in [0.29, 0.717) is 5.92 Å². The fraction of sp³-hybridized carbons (Fsp3) is 0.462. The van der Waals surface area contributed by atoms with E-state index >= 15 is 0 Å². The molecule has 0 N–H and O–H groups in total. The van der Waals surface area contributed by atoms with Crippen molar-refractivity contribution in [1.29, 1.82) is 0 Å². The zero-order valence-electron chi connectivity index (χ0n) is 9.90. The fourth-order valence-corrected chi connectivity index (χ4v) is 1.59. The van der Waals surface area contributed by atoms with Crippen molar-refractivity contribution in [2.45, 2.75) is 33.7 Å². The molecular formula is C13H19NO. The summed E-state index contributed by atoms with van der Waals surface area (Å²) in [5.41, 5.74) is 0.978. The Kier molecular flexibility index (Phi) is 3.89. The quantitative estimate of drug-likeness (QED) is 0.742. The molecule has 0 saturated heterocycles. The van der Waals surface area contributed by atoms with Crippen LogP contribution in [0.2, 0.25) is 0 Å². The lowest BCUT2D eigenvalue weighted by Gasteiger charge is -2.31. The summed E-state index contributed by atoms with van der Waals surface area (Å²) in [5.74, 6) is 0.552. The van der Waals surface area contributed by atoms with Gasteiger partial charge in [-0.25, -0.2) is 0 Å². The first-order chi connectivity index (χ1) is 7.04. The maximum absolute atomic E-state index is 11.6. The van der Waals surface area contributed by atoms with E-state index < -0.39 is 0 Å². The van der Waals surface area contributed by atoms with Gasteiger partial charge in [0.15, 0.2) is 0 Å². The Balaban J connectivity index is 2.99. The van der Waals surface area contributed by atoms with Gasteiger partial charge in [0, 0.05) is 18.7 Å². The van der Waals surface area contributed by atoms with Crippen molar-refractivity contribution in [3.05, 3.63) is 30.3 Å². The molecule has 1 aromatic rings. The van der Waals surface area contributed by atoms with Gasteiger partial charge in [0.2, 0.25) is 5.91 Å². The standard InChI is InChI=1S/C13H19NO/c1-10(2)11(3)14(12(4)15)13-8-6-5-7-9-13/h5-11H,1-4H3. The Morgan fingerprint density at radius 1 is 1.13 bits per heavy atom. The van der Waals surface area contributed by atoms with E-state index in [1.54, 1.807) is 6.92 Å². The molecule has 1 unspecified atom stereocenters. The van der Waals surface area contributed by atoms with Gasteiger partial charge >= 0.3 is 0 Å². The molecule has 0 aliphatic rings. The zero-order valence-corrected chi connectivity index (χ0v) is 9.90. The Hall–Kier alpha value is -1.31. The molecule has 2 nitrogen and oxygen atoms in total. The Bertz CT molecular complexity index is 319. The smallest absolute Gasteiger partial charge is 0.224 e. The van der Waals surface area contributed by atoms with E-state index in [2.05, 4.69) is 20.8 Å². The highest BCUT2D eigenvalue weighted by atomic mass is 16.2. The van der Waals surface area contributed by atoms with Crippen molar-refractivity contribution in [1.82, 2.24) is 0 Å². The molecule has 0 bridgehead atoms. The number of anilines is 1. The van der Waals surface area contributed by atoms with Crippen LogP contribution in [0.5, 0.6) is 0 Å². The molecule has 1 atom stereocenters. The van der Waals surface area contributed by atoms with Crippen LogP contribution in [0, 0.1) is 5.92 Å². The first-order valence-electron chi connectivity index (χ1n) is 5.39. The molecule has 0 saturated carbocycles. The van der Waals surface area contributed by atoms with E-state index in [9.17, 15) is 4.79 Å². The van der Waals surface area contributed by atoms with Crippen LogP contribution in [-0.4, -0.2) is 11.9 Å². The number of carbonyl (C=O) groups excluding carboxylic acids is 1. The van der Waals surface area contributed by atoms with Gasteiger partial charge in [0.1, 0.15) is 0 Å². The van der Waals surface area contributed by atoms with E-state index in [4.69, 9.17) is 0 Å². The average molecular weight is 205 g/mol. The SMILES string of the molecule is CC(=O)N(c1ccccc1)C(C)C(C)C. The maximum atomic E-state index is 11.6. The summed E-state index contributed by atoms with van der Waals surface area (Å²) in [5, 5.41) is 0. The second-order valence-electron chi connectivity index (χ2n) is 4.21. The minimum Gasteiger partial charge on any atom is -0.310 e. The number of carbonyl (C=O) groups is 1. The van der Waals surface area contributed by atoms with Crippen molar-refractivity contribution in [2.24, 2.45) is 5.92 Å². The Morgan fingerprint density at radius 3 is 2.07 bits per heavy atom. The molecule has 0 aromatic heterocycles. The van der Waals surface area contributed by atoms with Crippen molar-refractivity contribution in [2.75, 3.05) is 4.90 Å². The normalized spacial score (nSPS) is 12.6. The van der Waals surface area contributed by atoms with Crippen LogP contribution >= 0.6 is 0 Å². The van der Waals surface area contributed by atoms with Gasteiger partial charge < -0.3 is 4.90 Å². The van der Waals surface area contributed by atoms with Crippen LogP contribution in [0.1, 0.15) is 27.7 Å². The van der Waals surface area contributed by atoms with E-state index in [-0.39, 0.29) is 11.9 Å². The summed E-state index contributed by atoms with van der Waals surface area (Å²) in [6, 6.07) is 10.0. The lowest BCUT2D eigenvalue weighted by Crippen LogP contribution is -2.40. The maximum Gasteiger partial charge on any atom is 0.224 e. The highest BCUT2D eigenvalue weighted by Crippen LogP contribution is 2.20. The molecule has 15 heavy (non-hydrogen) atoms. The fourth-order valence-electron chi connectivity index (χ4n) is 1.59. The largest absolute Gasteiger partial charge is 0.310 e. The molecule has 0 aliphatic heterocycles. The van der Waals surface area contributed by atoms with Gasteiger partial charge in [-0.3, -0.25) is 4.79 Å². The first kappa shape index (κ1) is 11.8. The molecule has 0 aliphatic carbocycles. The van der Waals surface area contributed by atoms with E-state index in [0.717, 1.165) is 5.69 Å². The highest BCUT2D eigenvalue weighted by Gasteiger charge is 2.20. The number of amides is 1. The van der Waals surface area contributed by atoms with Gasteiger partial charge in [-0.1, -0.05) is 32.0 Å². The molecule has 0 spiro atoms. The second kappa shape index (κ2) is 4.96.